The normalized spacial score (nSPS) is 17.5. The van der Waals surface area contributed by atoms with Gasteiger partial charge in [-0.3, -0.25) is 0 Å². The van der Waals surface area contributed by atoms with Gasteiger partial charge in [-0.1, -0.05) is 93.7 Å². The Balaban J connectivity index is 0.000000737. The monoisotopic (exact) mass is 470 g/mol. The van der Waals surface area contributed by atoms with Crippen LogP contribution in [0.25, 0.3) is 0 Å². The highest BCUT2D eigenvalue weighted by molar-refractivity contribution is 6.83. The molecule has 2 nitrogen and oxygen atoms in total. The van der Waals surface area contributed by atoms with E-state index in [0.29, 0.717) is 13.2 Å². The zero-order valence-corrected chi connectivity index (χ0v) is 21.0. The Morgan fingerprint density at radius 2 is 1.24 bits per heavy atom. The summed E-state index contributed by atoms with van der Waals surface area (Å²) in [5, 5.41) is 0. The summed E-state index contributed by atoms with van der Waals surface area (Å²) in [6, 6.07) is 19.3. The molecule has 0 N–H and O–H groups in total. The molecule has 2 aromatic rings. The number of terminal acetylenes is 1. The second-order valence-electron chi connectivity index (χ2n) is 9.27. The summed E-state index contributed by atoms with van der Waals surface area (Å²) in [7, 11) is -1.62. The van der Waals surface area contributed by atoms with Crippen molar-refractivity contribution in [3.05, 3.63) is 71.8 Å². The van der Waals surface area contributed by atoms with Crippen LogP contribution in [0.15, 0.2) is 60.7 Å². The molecule has 180 valence electrons. The summed E-state index contributed by atoms with van der Waals surface area (Å²) in [5.41, 5.74) is 2.84. The first kappa shape index (κ1) is 21.2. The van der Waals surface area contributed by atoms with Gasteiger partial charge in [0.2, 0.25) is 0 Å². The number of hydrogen-bond donors (Lipinski definition) is 0. The Kier molecular flexibility index (Phi) is 9.51. The van der Waals surface area contributed by atoms with E-state index < -0.39 is 32.6 Å². The van der Waals surface area contributed by atoms with Crippen LogP contribution < -0.4 is 0 Å². The zero-order chi connectivity index (χ0) is 29.1. The second-order valence-corrected chi connectivity index (χ2v) is 14.0. The molecule has 3 heteroatoms. The summed E-state index contributed by atoms with van der Waals surface area (Å²) < 4.78 is 56.4. The van der Waals surface area contributed by atoms with Gasteiger partial charge in [-0.15, -0.1) is 17.9 Å². The van der Waals surface area contributed by atoms with Crippen LogP contribution in [0.2, 0.25) is 19.6 Å². The van der Waals surface area contributed by atoms with Crippen LogP contribution in [-0.4, -0.2) is 21.3 Å². The first-order chi connectivity index (χ1) is 17.4. The van der Waals surface area contributed by atoms with Crippen LogP contribution in [0.1, 0.15) is 54.3 Å². The Morgan fingerprint density at radius 1 is 0.818 bits per heavy atom. The molecule has 0 saturated heterocycles. The maximum Gasteiger partial charge on any atom is 0.129 e. The van der Waals surface area contributed by atoms with Gasteiger partial charge in [-0.25, -0.2) is 0 Å². The van der Waals surface area contributed by atoms with Crippen LogP contribution in [0.3, 0.4) is 0 Å². The average molecular weight is 471 g/mol. The van der Waals surface area contributed by atoms with Crippen LogP contribution in [0.4, 0.5) is 0 Å². The molecule has 0 bridgehead atoms. The standard InChI is InChI=1S/C16H24OSi.C13H16O.CH4/c1-16(2,11-12-18(3,4)5)14-17-13-15-9-7-6-8-10-15;1-4-13(2,3)11-14-10-12-8-6-5-7-9-12;/h6-10H,13-14H2,1-5H3;1,5-9H,10-11H2,2-3H3;1H4/i1D3;2D3;. The van der Waals surface area contributed by atoms with E-state index in [2.05, 4.69) is 37.0 Å². The molecule has 0 spiro atoms. The first-order valence-electron chi connectivity index (χ1n) is 13.7. The van der Waals surface area contributed by atoms with E-state index >= 15 is 0 Å². The lowest BCUT2D eigenvalue weighted by molar-refractivity contribution is 0.0753. The third-order valence-corrected chi connectivity index (χ3v) is 4.91. The first-order valence-corrected chi connectivity index (χ1v) is 14.2. The average Bonchev–Trinajstić information content (AvgIpc) is 2.82. The van der Waals surface area contributed by atoms with E-state index in [1.807, 2.05) is 60.7 Å². The summed E-state index contributed by atoms with van der Waals surface area (Å²) in [4.78, 5) is 0. The summed E-state index contributed by atoms with van der Waals surface area (Å²) in [6.45, 7) is 6.03. The molecular weight excluding hydrogens is 420 g/mol. The topological polar surface area (TPSA) is 18.5 Å². The number of ether oxygens (including phenoxy) is 2. The quantitative estimate of drug-likeness (QED) is 0.292. The molecule has 0 aliphatic heterocycles. The van der Waals surface area contributed by atoms with Crippen molar-refractivity contribution in [2.75, 3.05) is 13.2 Å². The number of rotatable bonds is 8. The van der Waals surface area contributed by atoms with Crippen molar-refractivity contribution in [3.63, 3.8) is 0 Å². The van der Waals surface area contributed by atoms with E-state index in [1.165, 1.54) is 6.92 Å². The fourth-order valence-electron chi connectivity index (χ4n) is 2.30. The minimum atomic E-state index is -2.21. The van der Waals surface area contributed by atoms with Crippen LogP contribution >= 0.6 is 0 Å². The number of benzene rings is 2. The third kappa shape index (κ3) is 16.0. The number of hydrogen-bond acceptors (Lipinski definition) is 2. The van der Waals surface area contributed by atoms with Gasteiger partial charge in [-0.05, 0) is 38.7 Å². The van der Waals surface area contributed by atoms with E-state index in [4.69, 9.17) is 24.1 Å². The Morgan fingerprint density at radius 3 is 1.61 bits per heavy atom. The molecule has 0 amide bonds. The smallest absolute Gasteiger partial charge is 0.129 e. The molecule has 2 atom stereocenters. The van der Waals surface area contributed by atoms with E-state index in [-0.39, 0.29) is 20.6 Å². The highest BCUT2D eigenvalue weighted by Crippen LogP contribution is 2.16. The fraction of sp³-hybridized carbons (Fsp3) is 0.467. The van der Waals surface area contributed by atoms with Gasteiger partial charge in [-0.2, -0.15) is 0 Å². The van der Waals surface area contributed by atoms with Crippen LogP contribution in [0, 0.1) is 34.6 Å². The van der Waals surface area contributed by atoms with Gasteiger partial charge in [0.1, 0.15) is 8.07 Å². The predicted octanol–water partition coefficient (Wildman–Crippen LogP) is 7.61. The fourth-order valence-corrected chi connectivity index (χ4v) is 2.95. The largest absolute Gasteiger partial charge is 0.375 e. The van der Waals surface area contributed by atoms with E-state index in [9.17, 15) is 0 Å². The zero-order valence-electron chi connectivity index (χ0n) is 26.0. The molecule has 0 aliphatic carbocycles. The maximum absolute atomic E-state index is 7.74. The molecule has 0 heterocycles. The highest BCUT2D eigenvalue weighted by atomic mass is 28.3. The second kappa shape index (κ2) is 14.8. The lowest BCUT2D eigenvalue weighted by atomic mass is 9.96. The Bertz CT molecular complexity index is 1080. The van der Waals surface area contributed by atoms with Crippen LogP contribution in [-0.2, 0) is 22.7 Å². The van der Waals surface area contributed by atoms with Crippen molar-refractivity contribution in [1.82, 2.24) is 0 Å². The Labute approximate surface area is 213 Å². The van der Waals surface area contributed by atoms with Crippen molar-refractivity contribution >= 4 is 8.07 Å². The van der Waals surface area contributed by atoms with Crippen molar-refractivity contribution < 1.29 is 17.7 Å². The van der Waals surface area contributed by atoms with Gasteiger partial charge < -0.3 is 9.47 Å². The van der Waals surface area contributed by atoms with Gasteiger partial charge in [0.15, 0.2) is 0 Å². The highest BCUT2D eigenvalue weighted by Gasteiger charge is 2.16. The van der Waals surface area contributed by atoms with Crippen molar-refractivity contribution in [2.45, 2.75) is 67.8 Å². The molecule has 0 saturated carbocycles. The molecule has 0 aromatic heterocycles. The molecule has 33 heavy (non-hydrogen) atoms. The third-order valence-electron chi connectivity index (χ3n) is 4.04. The van der Waals surface area contributed by atoms with Crippen molar-refractivity contribution in [2.24, 2.45) is 10.8 Å². The molecule has 2 rings (SSSR count). The minimum Gasteiger partial charge on any atom is -0.375 e. The summed E-state index contributed by atoms with van der Waals surface area (Å²) in [6.07, 6.45) is 5.28. The van der Waals surface area contributed by atoms with E-state index in [0.717, 1.165) is 11.1 Å². The van der Waals surface area contributed by atoms with E-state index in [1.54, 1.807) is 6.92 Å². The van der Waals surface area contributed by atoms with Gasteiger partial charge in [0.25, 0.3) is 0 Å². The molecular formula is C30H44O2Si. The minimum absolute atomic E-state index is 0. The molecule has 0 fully saturated rings. The van der Waals surface area contributed by atoms with Gasteiger partial charge in [0.05, 0.1) is 26.4 Å². The van der Waals surface area contributed by atoms with Gasteiger partial charge >= 0.3 is 0 Å². The molecule has 2 aromatic carbocycles. The molecule has 0 radical (unpaired) electrons. The van der Waals surface area contributed by atoms with Gasteiger partial charge in [0, 0.05) is 19.1 Å². The predicted molar refractivity (Wildman–Crippen MR) is 146 cm³/mol. The molecule has 2 unspecified atom stereocenters. The maximum atomic E-state index is 7.74. The van der Waals surface area contributed by atoms with Crippen molar-refractivity contribution in [1.29, 1.82) is 0 Å². The SMILES string of the molecule is C.[2H]C([2H])([2H])C(C)(C#C)COCc1ccccc1.[2H]C([2H])([2H])C(C)(C#C[Si](C)(C)C)COCc1ccccc1. The summed E-state index contributed by atoms with van der Waals surface area (Å²) in [5.74, 6) is 5.30. The lowest BCUT2D eigenvalue weighted by Gasteiger charge is -2.18. The summed E-state index contributed by atoms with van der Waals surface area (Å²) >= 11 is 0. The lowest BCUT2D eigenvalue weighted by Crippen LogP contribution is -2.21. The Hall–Kier alpha value is -2.30. The van der Waals surface area contributed by atoms with Crippen LogP contribution in [0.5, 0.6) is 0 Å². The molecule has 0 aliphatic rings. The van der Waals surface area contributed by atoms with Crippen molar-refractivity contribution in [3.8, 4) is 23.8 Å².